The molecule has 82 valence electrons. The lowest BCUT2D eigenvalue weighted by Crippen LogP contribution is -2.48. The van der Waals surface area contributed by atoms with Gasteiger partial charge in [0, 0.05) is 18.6 Å². The third-order valence-electron chi connectivity index (χ3n) is 2.95. The van der Waals surface area contributed by atoms with E-state index in [2.05, 4.69) is 0 Å². The van der Waals surface area contributed by atoms with Crippen molar-refractivity contribution in [1.82, 2.24) is 4.90 Å². The standard InChI is InChI=1S/C11H16N2O2/c1-8-6-10(12)2-4-13(8)11(14)9-3-5-15-7-9/h3,5,7-8,10H,2,4,6,12H2,1H3. The predicted molar refractivity (Wildman–Crippen MR) is 56.4 cm³/mol. The van der Waals surface area contributed by atoms with Crippen LogP contribution in [0.1, 0.15) is 30.1 Å². The van der Waals surface area contributed by atoms with Crippen LogP contribution >= 0.6 is 0 Å². The van der Waals surface area contributed by atoms with Gasteiger partial charge in [-0.25, -0.2) is 0 Å². The number of nitrogens with zero attached hydrogens (tertiary/aromatic N) is 1. The Morgan fingerprint density at radius 1 is 1.67 bits per heavy atom. The van der Waals surface area contributed by atoms with Crippen LogP contribution in [0, 0.1) is 0 Å². The minimum Gasteiger partial charge on any atom is -0.472 e. The summed E-state index contributed by atoms with van der Waals surface area (Å²) >= 11 is 0. The van der Waals surface area contributed by atoms with E-state index in [0.29, 0.717) is 5.56 Å². The van der Waals surface area contributed by atoms with Crippen molar-refractivity contribution in [1.29, 1.82) is 0 Å². The minimum atomic E-state index is 0.0446. The Kier molecular flexibility index (Phi) is 2.77. The Morgan fingerprint density at radius 2 is 2.47 bits per heavy atom. The molecule has 1 amide bonds. The van der Waals surface area contributed by atoms with Crippen molar-refractivity contribution < 1.29 is 9.21 Å². The van der Waals surface area contributed by atoms with Gasteiger partial charge in [0.15, 0.2) is 0 Å². The van der Waals surface area contributed by atoms with E-state index in [4.69, 9.17) is 10.2 Å². The fourth-order valence-electron chi connectivity index (χ4n) is 2.06. The molecule has 0 radical (unpaired) electrons. The molecule has 2 unspecified atom stereocenters. The van der Waals surface area contributed by atoms with Crippen LogP contribution in [0.25, 0.3) is 0 Å². The van der Waals surface area contributed by atoms with E-state index < -0.39 is 0 Å². The minimum absolute atomic E-state index is 0.0446. The Bertz CT molecular complexity index is 334. The van der Waals surface area contributed by atoms with Crippen molar-refractivity contribution in [3.05, 3.63) is 24.2 Å². The molecule has 0 spiro atoms. The van der Waals surface area contributed by atoms with Gasteiger partial charge in [0.25, 0.3) is 5.91 Å². The molecular formula is C11H16N2O2. The number of hydrogen-bond donors (Lipinski definition) is 1. The molecule has 1 aromatic heterocycles. The second-order valence-electron chi connectivity index (χ2n) is 4.14. The van der Waals surface area contributed by atoms with Gasteiger partial charge in [0.2, 0.25) is 0 Å². The summed E-state index contributed by atoms with van der Waals surface area (Å²) in [4.78, 5) is 13.9. The van der Waals surface area contributed by atoms with E-state index in [1.807, 2.05) is 11.8 Å². The monoisotopic (exact) mass is 208 g/mol. The molecule has 15 heavy (non-hydrogen) atoms. The van der Waals surface area contributed by atoms with E-state index in [-0.39, 0.29) is 18.0 Å². The lowest BCUT2D eigenvalue weighted by Gasteiger charge is -2.36. The number of carbonyl (C=O) groups excluding carboxylic acids is 1. The van der Waals surface area contributed by atoms with Gasteiger partial charge >= 0.3 is 0 Å². The second-order valence-corrected chi connectivity index (χ2v) is 4.14. The van der Waals surface area contributed by atoms with E-state index in [1.165, 1.54) is 12.5 Å². The maximum Gasteiger partial charge on any atom is 0.257 e. The highest BCUT2D eigenvalue weighted by atomic mass is 16.3. The van der Waals surface area contributed by atoms with Gasteiger partial charge in [-0.1, -0.05) is 0 Å². The molecule has 1 saturated heterocycles. The zero-order chi connectivity index (χ0) is 10.8. The lowest BCUT2D eigenvalue weighted by molar-refractivity contribution is 0.0618. The summed E-state index contributed by atoms with van der Waals surface area (Å²) < 4.78 is 4.91. The highest BCUT2D eigenvalue weighted by molar-refractivity contribution is 5.94. The zero-order valence-corrected chi connectivity index (χ0v) is 8.85. The van der Waals surface area contributed by atoms with Crippen molar-refractivity contribution in [3.8, 4) is 0 Å². The molecule has 0 aliphatic carbocycles. The molecule has 0 bridgehead atoms. The molecule has 2 rings (SSSR count). The van der Waals surface area contributed by atoms with Gasteiger partial charge in [0.05, 0.1) is 11.8 Å². The zero-order valence-electron chi connectivity index (χ0n) is 8.85. The van der Waals surface area contributed by atoms with Crippen LogP contribution < -0.4 is 5.73 Å². The van der Waals surface area contributed by atoms with Crippen molar-refractivity contribution in [2.24, 2.45) is 5.73 Å². The Hall–Kier alpha value is -1.29. The topological polar surface area (TPSA) is 59.5 Å². The highest BCUT2D eigenvalue weighted by Crippen LogP contribution is 2.18. The maximum atomic E-state index is 12.0. The average molecular weight is 208 g/mol. The molecule has 4 nitrogen and oxygen atoms in total. The van der Waals surface area contributed by atoms with Gasteiger partial charge in [-0.3, -0.25) is 4.79 Å². The average Bonchev–Trinajstić information content (AvgIpc) is 2.69. The van der Waals surface area contributed by atoms with Crippen LogP contribution in [0.4, 0.5) is 0 Å². The summed E-state index contributed by atoms with van der Waals surface area (Å²) in [6.07, 6.45) is 4.77. The lowest BCUT2D eigenvalue weighted by atomic mass is 9.98. The number of piperidine rings is 1. The van der Waals surface area contributed by atoms with E-state index in [9.17, 15) is 4.79 Å². The number of amides is 1. The summed E-state index contributed by atoms with van der Waals surface area (Å²) in [5.74, 6) is 0.0446. The van der Waals surface area contributed by atoms with Gasteiger partial charge in [0.1, 0.15) is 6.26 Å². The fraction of sp³-hybridized carbons (Fsp3) is 0.545. The smallest absolute Gasteiger partial charge is 0.257 e. The normalized spacial score (nSPS) is 26.7. The van der Waals surface area contributed by atoms with Crippen molar-refractivity contribution in [2.45, 2.75) is 31.8 Å². The number of nitrogens with two attached hydrogens (primary N) is 1. The predicted octanol–water partition coefficient (Wildman–Crippen LogP) is 1.23. The van der Waals surface area contributed by atoms with E-state index >= 15 is 0 Å². The van der Waals surface area contributed by atoms with Gasteiger partial charge in [-0.05, 0) is 25.8 Å². The largest absolute Gasteiger partial charge is 0.472 e. The van der Waals surface area contributed by atoms with E-state index in [1.54, 1.807) is 6.07 Å². The third kappa shape index (κ3) is 2.04. The van der Waals surface area contributed by atoms with Gasteiger partial charge in [-0.15, -0.1) is 0 Å². The van der Waals surface area contributed by atoms with Crippen LogP contribution in [0.2, 0.25) is 0 Å². The SMILES string of the molecule is CC1CC(N)CCN1C(=O)c1ccoc1. The van der Waals surface area contributed by atoms with Crippen LogP contribution in [-0.2, 0) is 0 Å². The van der Waals surface area contributed by atoms with Crippen LogP contribution in [0.5, 0.6) is 0 Å². The molecule has 0 aromatic carbocycles. The number of rotatable bonds is 1. The summed E-state index contributed by atoms with van der Waals surface area (Å²) in [5, 5.41) is 0. The molecule has 1 fully saturated rings. The molecule has 1 aliphatic rings. The van der Waals surface area contributed by atoms with E-state index in [0.717, 1.165) is 19.4 Å². The summed E-state index contributed by atoms with van der Waals surface area (Å²) in [5.41, 5.74) is 6.47. The molecular weight excluding hydrogens is 192 g/mol. The number of likely N-dealkylation sites (tertiary alicyclic amines) is 1. The Morgan fingerprint density at radius 3 is 3.07 bits per heavy atom. The highest BCUT2D eigenvalue weighted by Gasteiger charge is 2.27. The maximum absolute atomic E-state index is 12.0. The summed E-state index contributed by atoms with van der Waals surface area (Å²) in [7, 11) is 0. The van der Waals surface area contributed by atoms with Gasteiger partial charge < -0.3 is 15.1 Å². The molecule has 2 atom stereocenters. The Labute approximate surface area is 89.0 Å². The first kappa shape index (κ1) is 10.2. The number of furan rings is 1. The molecule has 0 saturated carbocycles. The molecule has 1 aliphatic heterocycles. The summed E-state index contributed by atoms with van der Waals surface area (Å²) in [6.45, 7) is 2.78. The number of carbonyl (C=O) groups is 1. The third-order valence-corrected chi connectivity index (χ3v) is 2.95. The molecule has 4 heteroatoms. The van der Waals surface area contributed by atoms with Crippen molar-refractivity contribution in [2.75, 3.05) is 6.54 Å². The van der Waals surface area contributed by atoms with Crippen molar-refractivity contribution >= 4 is 5.91 Å². The summed E-state index contributed by atoms with van der Waals surface area (Å²) in [6, 6.07) is 2.15. The van der Waals surface area contributed by atoms with Crippen molar-refractivity contribution in [3.63, 3.8) is 0 Å². The number of hydrogen-bond acceptors (Lipinski definition) is 3. The van der Waals surface area contributed by atoms with Crippen LogP contribution in [0.15, 0.2) is 23.0 Å². The van der Waals surface area contributed by atoms with Crippen LogP contribution in [-0.4, -0.2) is 29.4 Å². The van der Waals surface area contributed by atoms with Gasteiger partial charge in [-0.2, -0.15) is 0 Å². The molecule has 1 aromatic rings. The fourth-order valence-corrected chi connectivity index (χ4v) is 2.06. The second kappa shape index (κ2) is 4.06. The molecule has 2 N–H and O–H groups in total. The van der Waals surface area contributed by atoms with Crippen LogP contribution in [0.3, 0.4) is 0 Å². The first-order valence-electron chi connectivity index (χ1n) is 5.27. The molecule has 2 heterocycles. The Balaban J connectivity index is 2.08. The quantitative estimate of drug-likeness (QED) is 0.755. The first-order valence-corrected chi connectivity index (χ1v) is 5.27. The first-order chi connectivity index (χ1) is 7.18.